The van der Waals surface area contributed by atoms with Crippen LogP contribution in [0.2, 0.25) is 0 Å². The number of hydrogen-bond donors (Lipinski definition) is 0. The summed E-state index contributed by atoms with van der Waals surface area (Å²) in [5.74, 6) is 0. The van der Waals surface area contributed by atoms with E-state index in [1.807, 2.05) is 0 Å². The number of fused-ring (bicyclic) bond motifs is 11. The smallest absolute Gasteiger partial charge is 0.253 e. The molecule has 0 radical (unpaired) electrons. The van der Waals surface area contributed by atoms with Gasteiger partial charge in [0.05, 0.1) is 22.2 Å². The monoisotopic (exact) mass is 694 g/mol. The minimum absolute atomic E-state index is 0.0157. The number of para-hydroxylation sites is 1. The second kappa shape index (κ2) is 10.7. The Kier molecular flexibility index (Phi) is 5.74. The van der Waals surface area contributed by atoms with Gasteiger partial charge in [0.15, 0.2) is 0 Å². The maximum absolute atomic E-state index is 2.64. The SMILES string of the molecule is c1ccc(-c2cc3c4c(c2)-n2c5ccccc5c5c6ccccc6cc(c52)B4c2c4ccccc4cc4c(-c5ccccc5)c(-c5ccccc5)n-3c24)cc1. The van der Waals surface area contributed by atoms with Crippen molar-refractivity contribution in [3.63, 3.8) is 0 Å². The largest absolute Gasteiger partial charge is 0.310 e. The van der Waals surface area contributed by atoms with E-state index in [9.17, 15) is 0 Å². The highest BCUT2D eigenvalue weighted by atomic mass is 15.0. The number of aromatic nitrogens is 2. The maximum Gasteiger partial charge on any atom is 0.253 e. The molecule has 0 saturated carbocycles. The Labute approximate surface area is 318 Å². The summed E-state index contributed by atoms with van der Waals surface area (Å²) in [5.41, 5.74) is 17.9. The van der Waals surface area contributed by atoms with Crippen LogP contribution < -0.4 is 16.4 Å². The van der Waals surface area contributed by atoms with Gasteiger partial charge in [-0.2, -0.15) is 0 Å². The maximum atomic E-state index is 2.64. The van der Waals surface area contributed by atoms with Crippen LogP contribution in [-0.2, 0) is 0 Å². The zero-order valence-electron chi connectivity index (χ0n) is 29.9. The van der Waals surface area contributed by atoms with Crippen LogP contribution in [0.15, 0.2) is 188 Å². The van der Waals surface area contributed by atoms with Gasteiger partial charge in [-0.3, -0.25) is 0 Å². The van der Waals surface area contributed by atoms with Crippen LogP contribution in [-0.4, -0.2) is 15.8 Å². The molecule has 9 aromatic carbocycles. The summed E-state index contributed by atoms with van der Waals surface area (Å²) in [6.07, 6.45) is 0. The predicted molar refractivity (Wildman–Crippen MR) is 234 cm³/mol. The van der Waals surface area contributed by atoms with Gasteiger partial charge in [-0.1, -0.05) is 164 Å². The van der Waals surface area contributed by atoms with Crippen molar-refractivity contribution >= 4 is 77.4 Å². The van der Waals surface area contributed by atoms with Crippen LogP contribution in [0.5, 0.6) is 0 Å². The fourth-order valence-corrected chi connectivity index (χ4v) is 10.3. The van der Waals surface area contributed by atoms with Gasteiger partial charge in [0, 0.05) is 33.1 Å². The highest BCUT2D eigenvalue weighted by molar-refractivity contribution is 7.01. The van der Waals surface area contributed by atoms with Crippen molar-refractivity contribution in [1.82, 2.24) is 9.13 Å². The Hall–Kier alpha value is -7.10. The zero-order valence-corrected chi connectivity index (χ0v) is 29.9. The van der Waals surface area contributed by atoms with E-state index in [2.05, 4.69) is 197 Å². The van der Waals surface area contributed by atoms with Gasteiger partial charge in [0.25, 0.3) is 6.71 Å². The molecule has 2 aliphatic rings. The van der Waals surface area contributed by atoms with E-state index in [0.717, 1.165) is 0 Å². The van der Waals surface area contributed by atoms with E-state index in [4.69, 9.17) is 0 Å². The average Bonchev–Trinajstić information content (AvgIpc) is 3.79. The van der Waals surface area contributed by atoms with Crippen molar-refractivity contribution in [2.24, 2.45) is 0 Å². The fraction of sp³-hybridized carbons (Fsp3) is 0. The molecule has 0 spiro atoms. The van der Waals surface area contributed by atoms with Gasteiger partial charge in [-0.15, -0.1) is 0 Å². The third kappa shape index (κ3) is 3.79. The lowest BCUT2D eigenvalue weighted by Crippen LogP contribution is -2.59. The highest BCUT2D eigenvalue weighted by Gasteiger charge is 2.43. The van der Waals surface area contributed by atoms with E-state index in [1.54, 1.807) is 0 Å². The summed E-state index contributed by atoms with van der Waals surface area (Å²) in [4.78, 5) is 0. The van der Waals surface area contributed by atoms with Gasteiger partial charge in [-0.05, 0) is 84.5 Å². The van der Waals surface area contributed by atoms with Crippen molar-refractivity contribution in [2.75, 3.05) is 0 Å². The molecule has 0 aliphatic carbocycles. The fourth-order valence-electron chi connectivity index (χ4n) is 10.3. The molecule has 0 atom stereocenters. The summed E-state index contributed by atoms with van der Waals surface area (Å²) in [6, 6.07) is 70.1. The van der Waals surface area contributed by atoms with E-state index in [-0.39, 0.29) is 6.71 Å². The summed E-state index contributed by atoms with van der Waals surface area (Å²) < 4.78 is 5.25. The molecule has 0 bridgehead atoms. The first-order valence-electron chi connectivity index (χ1n) is 19.2. The molecule has 0 fully saturated rings. The molecule has 4 heterocycles. The van der Waals surface area contributed by atoms with Gasteiger partial charge in [0.2, 0.25) is 0 Å². The Morgan fingerprint density at radius 3 is 1.65 bits per heavy atom. The van der Waals surface area contributed by atoms with Crippen LogP contribution in [0.1, 0.15) is 0 Å². The Bertz CT molecular complexity index is 3410. The molecule has 13 rings (SSSR count). The summed E-state index contributed by atoms with van der Waals surface area (Å²) in [7, 11) is 0. The van der Waals surface area contributed by atoms with E-state index in [1.165, 1.54) is 116 Å². The molecule has 2 aromatic heterocycles. The lowest BCUT2D eigenvalue weighted by atomic mass is 9.33. The second-order valence-corrected chi connectivity index (χ2v) is 15.2. The molecule has 0 amide bonds. The summed E-state index contributed by atoms with van der Waals surface area (Å²) in [6.45, 7) is 0.0157. The van der Waals surface area contributed by atoms with Crippen LogP contribution in [0, 0.1) is 0 Å². The lowest BCUT2D eigenvalue weighted by molar-refractivity contribution is 1.12. The second-order valence-electron chi connectivity index (χ2n) is 15.2. The number of hydrogen-bond acceptors (Lipinski definition) is 0. The van der Waals surface area contributed by atoms with E-state index < -0.39 is 0 Å². The molecule has 11 aromatic rings. The lowest BCUT2D eigenvalue weighted by Gasteiger charge is -2.35. The molecule has 0 saturated heterocycles. The first kappa shape index (κ1) is 29.4. The zero-order chi connectivity index (χ0) is 35.8. The first-order chi connectivity index (χ1) is 27.3. The number of rotatable bonds is 3. The van der Waals surface area contributed by atoms with Gasteiger partial charge >= 0.3 is 0 Å². The van der Waals surface area contributed by atoms with Crippen molar-refractivity contribution in [3.05, 3.63) is 188 Å². The third-order valence-corrected chi connectivity index (χ3v) is 12.4. The first-order valence-corrected chi connectivity index (χ1v) is 19.2. The minimum atomic E-state index is 0.0157. The highest BCUT2D eigenvalue weighted by Crippen LogP contribution is 2.47. The van der Waals surface area contributed by atoms with Crippen molar-refractivity contribution in [2.45, 2.75) is 0 Å². The standard InChI is InChI=1S/C52H31BN2/c1-4-16-32(17-5-1)37-30-44-49-45(31-37)55-50(34-20-8-3-9-21-34)46(33-18-6-2-7-19-33)41-28-35-22-11-13-25-39(35)48(51(41)55)53(49)42-29-36-23-10-12-24-38(36)47-40-26-14-15-27-43(40)54(44)52(42)47/h1-31H. The minimum Gasteiger partial charge on any atom is -0.310 e. The average molecular weight is 695 g/mol. The topological polar surface area (TPSA) is 9.86 Å². The van der Waals surface area contributed by atoms with Crippen LogP contribution in [0.4, 0.5) is 0 Å². The van der Waals surface area contributed by atoms with E-state index >= 15 is 0 Å². The van der Waals surface area contributed by atoms with E-state index in [0.29, 0.717) is 0 Å². The van der Waals surface area contributed by atoms with Gasteiger partial charge in [0.1, 0.15) is 0 Å². The molecule has 0 unspecified atom stereocenters. The van der Waals surface area contributed by atoms with Crippen LogP contribution in [0.25, 0.3) is 99.1 Å². The molecule has 0 N–H and O–H groups in total. The normalized spacial score (nSPS) is 12.7. The third-order valence-electron chi connectivity index (χ3n) is 12.4. The summed E-state index contributed by atoms with van der Waals surface area (Å²) >= 11 is 0. The number of nitrogens with zero attached hydrogens (tertiary/aromatic N) is 2. The Balaban J connectivity index is 1.33. The Morgan fingerprint density at radius 1 is 0.364 bits per heavy atom. The van der Waals surface area contributed by atoms with Crippen LogP contribution >= 0.6 is 0 Å². The van der Waals surface area contributed by atoms with Crippen molar-refractivity contribution in [3.8, 4) is 44.9 Å². The van der Waals surface area contributed by atoms with Gasteiger partial charge in [-0.25, -0.2) is 0 Å². The van der Waals surface area contributed by atoms with Gasteiger partial charge < -0.3 is 9.13 Å². The molecule has 2 nitrogen and oxygen atoms in total. The molecular formula is C52H31BN2. The van der Waals surface area contributed by atoms with Crippen molar-refractivity contribution < 1.29 is 0 Å². The molecule has 55 heavy (non-hydrogen) atoms. The van der Waals surface area contributed by atoms with Crippen molar-refractivity contribution in [1.29, 1.82) is 0 Å². The molecule has 252 valence electrons. The Morgan fingerprint density at radius 2 is 0.927 bits per heavy atom. The molecule has 3 heteroatoms. The predicted octanol–water partition coefficient (Wildman–Crippen LogP) is 11.2. The molecule has 2 aliphatic heterocycles. The van der Waals surface area contributed by atoms with Crippen LogP contribution in [0.3, 0.4) is 0 Å². The quantitative estimate of drug-likeness (QED) is 0.163. The number of benzene rings is 9. The molecular weight excluding hydrogens is 663 g/mol. The summed E-state index contributed by atoms with van der Waals surface area (Å²) in [5, 5.41) is 9.10.